The molecule has 0 atom stereocenters. The monoisotopic (exact) mass is 323 g/mol. The maximum Gasteiger partial charge on any atom is 0.172 e. The van der Waals surface area contributed by atoms with Crippen LogP contribution in [0.1, 0.15) is 36.1 Å². The van der Waals surface area contributed by atoms with E-state index in [1.54, 1.807) is 36.9 Å². The van der Waals surface area contributed by atoms with Crippen LogP contribution in [0.15, 0.2) is 43.0 Å². The first kappa shape index (κ1) is 15.8. The van der Waals surface area contributed by atoms with E-state index < -0.39 is 0 Å². The van der Waals surface area contributed by atoms with Crippen LogP contribution >= 0.6 is 0 Å². The molecule has 0 fully saturated rings. The van der Waals surface area contributed by atoms with Crippen molar-refractivity contribution in [1.82, 2.24) is 24.7 Å². The summed E-state index contributed by atoms with van der Waals surface area (Å²) in [6.45, 7) is 4.28. The fraction of sp³-hybridized carbons (Fsp3) is 0.235. The molecule has 7 heteroatoms. The first-order valence-electron chi connectivity index (χ1n) is 7.57. The van der Waals surface area contributed by atoms with Crippen LogP contribution in [0.5, 0.6) is 5.75 Å². The van der Waals surface area contributed by atoms with Crippen molar-refractivity contribution in [3.8, 4) is 17.1 Å². The first-order chi connectivity index (χ1) is 11.7. The fourth-order valence-electron chi connectivity index (χ4n) is 2.36. The topological polar surface area (TPSA) is 82.8 Å². The van der Waals surface area contributed by atoms with Gasteiger partial charge in [-0.05, 0) is 32.0 Å². The number of nitrogens with zero attached hydrogens (tertiary/aromatic N) is 5. The van der Waals surface area contributed by atoms with Gasteiger partial charge in [-0.15, -0.1) is 0 Å². The zero-order chi connectivity index (χ0) is 16.9. The summed E-state index contributed by atoms with van der Waals surface area (Å²) in [5, 5.41) is 4.33. The summed E-state index contributed by atoms with van der Waals surface area (Å²) >= 11 is 0. The molecule has 0 saturated heterocycles. The van der Waals surface area contributed by atoms with E-state index in [0.717, 1.165) is 5.69 Å². The van der Waals surface area contributed by atoms with Gasteiger partial charge in [-0.1, -0.05) is 0 Å². The molecule has 7 nitrogen and oxygen atoms in total. The molecule has 0 spiro atoms. The lowest BCUT2D eigenvalue weighted by molar-refractivity contribution is 0.111. The van der Waals surface area contributed by atoms with Gasteiger partial charge in [-0.25, -0.2) is 4.98 Å². The van der Waals surface area contributed by atoms with Crippen LogP contribution in [-0.2, 0) is 6.61 Å². The predicted molar refractivity (Wildman–Crippen MR) is 87.6 cm³/mol. The molecule has 0 aliphatic rings. The third-order valence-corrected chi connectivity index (χ3v) is 3.45. The van der Waals surface area contributed by atoms with Gasteiger partial charge in [-0.2, -0.15) is 5.10 Å². The molecule has 0 unspecified atom stereocenters. The first-order valence-corrected chi connectivity index (χ1v) is 7.57. The summed E-state index contributed by atoms with van der Waals surface area (Å²) in [5.41, 5.74) is 2.51. The highest BCUT2D eigenvalue weighted by atomic mass is 16.5. The van der Waals surface area contributed by atoms with Crippen molar-refractivity contribution in [1.29, 1.82) is 0 Å². The minimum Gasteiger partial charge on any atom is -0.485 e. The number of carbonyl (C=O) groups excluding carboxylic acids is 1. The molecule has 3 heterocycles. The van der Waals surface area contributed by atoms with E-state index in [9.17, 15) is 4.79 Å². The van der Waals surface area contributed by atoms with Crippen LogP contribution in [-0.4, -0.2) is 31.0 Å². The van der Waals surface area contributed by atoms with Crippen molar-refractivity contribution in [2.24, 2.45) is 0 Å². The van der Waals surface area contributed by atoms with Crippen molar-refractivity contribution in [2.75, 3.05) is 0 Å². The Morgan fingerprint density at radius 1 is 1.12 bits per heavy atom. The number of ether oxygens (including phenoxy) is 1. The number of aromatic nitrogens is 5. The predicted octanol–water partition coefficient (Wildman–Crippen LogP) is 2.71. The Morgan fingerprint density at radius 3 is 2.75 bits per heavy atom. The fourth-order valence-corrected chi connectivity index (χ4v) is 2.36. The average molecular weight is 323 g/mol. The highest BCUT2D eigenvalue weighted by Gasteiger charge is 2.15. The van der Waals surface area contributed by atoms with Crippen molar-refractivity contribution in [3.05, 3.63) is 54.4 Å². The van der Waals surface area contributed by atoms with Crippen molar-refractivity contribution < 1.29 is 9.53 Å². The Hall–Kier alpha value is -3.09. The van der Waals surface area contributed by atoms with Crippen LogP contribution in [0.4, 0.5) is 0 Å². The molecule has 0 bridgehead atoms. The van der Waals surface area contributed by atoms with Gasteiger partial charge in [0.25, 0.3) is 0 Å². The summed E-state index contributed by atoms with van der Waals surface area (Å²) in [4.78, 5) is 23.8. The second-order valence-electron chi connectivity index (χ2n) is 5.40. The van der Waals surface area contributed by atoms with Gasteiger partial charge in [0.1, 0.15) is 29.4 Å². The molecule has 0 saturated carbocycles. The normalized spacial score (nSPS) is 10.8. The van der Waals surface area contributed by atoms with Crippen molar-refractivity contribution in [2.45, 2.75) is 26.5 Å². The summed E-state index contributed by atoms with van der Waals surface area (Å²) in [7, 11) is 0. The molecule has 0 amide bonds. The lowest BCUT2D eigenvalue weighted by Crippen LogP contribution is -2.09. The second-order valence-corrected chi connectivity index (χ2v) is 5.40. The van der Waals surface area contributed by atoms with Crippen LogP contribution in [0, 0.1) is 0 Å². The molecule has 122 valence electrons. The quantitative estimate of drug-likeness (QED) is 0.649. The Labute approximate surface area is 139 Å². The maximum atomic E-state index is 11.0. The molecular formula is C17H17N5O2. The van der Waals surface area contributed by atoms with Crippen molar-refractivity contribution in [3.63, 3.8) is 0 Å². The van der Waals surface area contributed by atoms with E-state index in [1.807, 2.05) is 10.7 Å². The standard InChI is InChI=1S/C17H17N5O2/c1-12(2)22-15(5-7-21-22)17-14(19-8-9-20-17)11-24-16-4-3-6-18-13(16)10-23/h3-10,12H,11H2,1-2H3. The van der Waals surface area contributed by atoms with Crippen LogP contribution in [0.2, 0.25) is 0 Å². The van der Waals surface area contributed by atoms with E-state index in [4.69, 9.17) is 4.74 Å². The Bertz CT molecular complexity index is 844. The minimum absolute atomic E-state index is 0.180. The lowest BCUT2D eigenvalue weighted by atomic mass is 10.2. The minimum atomic E-state index is 0.180. The maximum absolute atomic E-state index is 11.0. The van der Waals surface area contributed by atoms with E-state index in [1.165, 1.54) is 0 Å². The summed E-state index contributed by atoms with van der Waals surface area (Å²) in [6.07, 6.45) is 7.20. The Morgan fingerprint density at radius 2 is 1.96 bits per heavy atom. The smallest absolute Gasteiger partial charge is 0.172 e. The molecule has 3 aromatic heterocycles. The molecule has 0 radical (unpaired) electrons. The average Bonchev–Trinajstić information content (AvgIpc) is 3.10. The van der Waals surface area contributed by atoms with Gasteiger partial charge in [0.2, 0.25) is 0 Å². The molecule has 0 aliphatic heterocycles. The van der Waals surface area contributed by atoms with Crippen LogP contribution < -0.4 is 4.74 Å². The van der Waals surface area contributed by atoms with E-state index in [2.05, 4.69) is 33.9 Å². The summed E-state index contributed by atoms with van der Waals surface area (Å²) in [5.74, 6) is 0.418. The van der Waals surface area contributed by atoms with Crippen molar-refractivity contribution >= 4 is 6.29 Å². The highest BCUT2D eigenvalue weighted by Crippen LogP contribution is 2.24. The lowest BCUT2D eigenvalue weighted by Gasteiger charge is -2.13. The number of hydrogen-bond donors (Lipinski definition) is 0. The van der Waals surface area contributed by atoms with Crippen LogP contribution in [0.25, 0.3) is 11.4 Å². The van der Waals surface area contributed by atoms with Gasteiger partial charge in [0.15, 0.2) is 6.29 Å². The van der Waals surface area contributed by atoms with Gasteiger partial charge >= 0.3 is 0 Å². The van der Waals surface area contributed by atoms with E-state index >= 15 is 0 Å². The second kappa shape index (κ2) is 6.99. The number of hydrogen-bond acceptors (Lipinski definition) is 6. The van der Waals surface area contributed by atoms with Gasteiger partial charge in [0, 0.05) is 30.8 Å². The zero-order valence-electron chi connectivity index (χ0n) is 13.5. The number of rotatable bonds is 6. The number of pyridine rings is 1. The summed E-state index contributed by atoms with van der Waals surface area (Å²) < 4.78 is 7.61. The van der Waals surface area contributed by atoms with Gasteiger partial charge in [0.05, 0.1) is 5.69 Å². The SMILES string of the molecule is CC(C)n1nccc1-c1nccnc1COc1cccnc1C=O. The molecule has 0 N–H and O–H groups in total. The zero-order valence-corrected chi connectivity index (χ0v) is 13.5. The van der Waals surface area contributed by atoms with Gasteiger partial charge < -0.3 is 4.74 Å². The third kappa shape index (κ3) is 3.15. The molecule has 0 aromatic carbocycles. The number of aldehydes is 1. The molecule has 3 aromatic rings. The van der Waals surface area contributed by atoms with E-state index in [0.29, 0.717) is 23.4 Å². The third-order valence-electron chi connectivity index (χ3n) is 3.45. The molecule has 3 rings (SSSR count). The van der Waals surface area contributed by atoms with Crippen LogP contribution in [0.3, 0.4) is 0 Å². The molecule has 24 heavy (non-hydrogen) atoms. The van der Waals surface area contributed by atoms with Gasteiger partial charge in [-0.3, -0.25) is 19.4 Å². The largest absolute Gasteiger partial charge is 0.485 e. The highest BCUT2D eigenvalue weighted by molar-refractivity contribution is 5.76. The summed E-state index contributed by atoms with van der Waals surface area (Å²) in [6, 6.07) is 5.51. The Kier molecular flexibility index (Phi) is 4.60. The number of carbonyl (C=O) groups is 1. The van der Waals surface area contributed by atoms with E-state index in [-0.39, 0.29) is 18.3 Å². The molecular weight excluding hydrogens is 306 g/mol. The molecule has 0 aliphatic carbocycles. The Balaban J connectivity index is 1.90.